The smallest absolute Gasteiger partial charge is 0.265 e. The van der Waals surface area contributed by atoms with E-state index in [4.69, 9.17) is 14.0 Å². The van der Waals surface area contributed by atoms with Crippen LogP contribution in [0.5, 0.6) is 5.75 Å². The Bertz CT molecular complexity index is 998. The maximum atomic E-state index is 12.7. The van der Waals surface area contributed by atoms with E-state index < -0.39 is 0 Å². The van der Waals surface area contributed by atoms with Crippen LogP contribution in [-0.4, -0.2) is 52.2 Å². The Hall–Kier alpha value is -2.78. The lowest BCUT2D eigenvalue weighted by Crippen LogP contribution is -2.30. The predicted molar refractivity (Wildman–Crippen MR) is 107 cm³/mol. The quantitative estimate of drug-likeness (QED) is 0.611. The van der Waals surface area contributed by atoms with Gasteiger partial charge in [0, 0.05) is 25.6 Å². The van der Waals surface area contributed by atoms with E-state index in [2.05, 4.69) is 15.1 Å². The summed E-state index contributed by atoms with van der Waals surface area (Å²) in [6, 6.07) is 7.53. The van der Waals surface area contributed by atoms with E-state index in [0.717, 1.165) is 33.3 Å². The van der Waals surface area contributed by atoms with E-state index in [9.17, 15) is 4.79 Å². The zero-order valence-corrected chi connectivity index (χ0v) is 17.4. The van der Waals surface area contributed by atoms with E-state index in [-0.39, 0.29) is 18.6 Å². The predicted octanol–water partition coefficient (Wildman–Crippen LogP) is 3.25. The highest BCUT2D eigenvalue weighted by molar-refractivity contribution is 7.13. The molecule has 0 spiro atoms. The molecule has 8 nitrogen and oxygen atoms in total. The first-order valence-corrected chi connectivity index (χ1v) is 10.2. The van der Waals surface area contributed by atoms with Gasteiger partial charge >= 0.3 is 0 Å². The molecular formula is C20H22N4O4S. The number of hydrogen-bond donors (Lipinski definition) is 0. The second kappa shape index (κ2) is 8.30. The second-order valence-corrected chi connectivity index (χ2v) is 8.10. The summed E-state index contributed by atoms with van der Waals surface area (Å²) in [6.45, 7) is 5.34. The van der Waals surface area contributed by atoms with Crippen LogP contribution in [0.2, 0.25) is 0 Å². The summed E-state index contributed by atoms with van der Waals surface area (Å²) < 4.78 is 16.2. The van der Waals surface area contributed by atoms with Crippen molar-refractivity contribution in [2.45, 2.75) is 33.0 Å². The molecule has 29 heavy (non-hydrogen) atoms. The fourth-order valence-electron chi connectivity index (χ4n) is 3.31. The van der Waals surface area contributed by atoms with Gasteiger partial charge in [-0.15, -0.1) is 11.3 Å². The van der Waals surface area contributed by atoms with Gasteiger partial charge < -0.3 is 18.9 Å². The number of hydrogen-bond acceptors (Lipinski definition) is 8. The summed E-state index contributed by atoms with van der Waals surface area (Å²) in [6.07, 6.45) is 0.771. The molecule has 3 heterocycles. The summed E-state index contributed by atoms with van der Waals surface area (Å²) in [5.41, 5.74) is 1.63. The summed E-state index contributed by atoms with van der Waals surface area (Å²) >= 11 is 1.45. The minimum absolute atomic E-state index is 0.0300. The second-order valence-electron chi connectivity index (χ2n) is 6.90. The molecule has 0 N–H and O–H groups in total. The normalized spacial score (nSPS) is 16.4. The van der Waals surface area contributed by atoms with Crippen LogP contribution in [0.1, 0.15) is 32.7 Å². The summed E-state index contributed by atoms with van der Waals surface area (Å²) in [4.78, 5) is 23.9. The molecule has 0 radical (unpaired) electrons. The van der Waals surface area contributed by atoms with Gasteiger partial charge in [0.2, 0.25) is 5.82 Å². The minimum atomic E-state index is -0.0300. The monoisotopic (exact) mass is 414 g/mol. The molecule has 4 rings (SSSR count). The van der Waals surface area contributed by atoms with Gasteiger partial charge in [0.1, 0.15) is 23.3 Å². The molecule has 2 aromatic heterocycles. The highest BCUT2D eigenvalue weighted by atomic mass is 32.1. The molecule has 0 aliphatic carbocycles. The lowest BCUT2D eigenvalue weighted by Gasteiger charge is -2.17. The number of carbonyl (C=O) groups is 1. The SMILES string of the molecule is COCc1nc(-c2ccc(OC3CCN(C(=O)c4sc(C)nc4C)C3)cc2)no1. The van der Waals surface area contributed by atoms with E-state index in [1.165, 1.54) is 11.3 Å². The first-order chi connectivity index (χ1) is 14.0. The molecule has 1 aromatic carbocycles. The van der Waals surface area contributed by atoms with Crippen molar-refractivity contribution in [1.29, 1.82) is 0 Å². The molecule has 0 saturated carbocycles. The fourth-order valence-corrected chi connectivity index (χ4v) is 4.20. The molecule has 1 saturated heterocycles. The molecule has 1 aliphatic heterocycles. The van der Waals surface area contributed by atoms with Crippen molar-refractivity contribution >= 4 is 17.2 Å². The molecule has 1 unspecified atom stereocenters. The van der Waals surface area contributed by atoms with Gasteiger partial charge in [0.05, 0.1) is 17.2 Å². The molecule has 1 fully saturated rings. The third-order valence-corrected chi connectivity index (χ3v) is 5.74. The Morgan fingerprint density at radius 1 is 1.28 bits per heavy atom. The van der Waals surface area contributed by atoms with Gasteiger partial charge in [0.15, 0.2) is 0 Å². The van der Waals surface area contributed by atoms with E-state index in [1.807, 2.05) is 43.0 Å². The van der Waals surface area contributed by atoms with Crippen molar-refractivity contribution in [3.63, 3.8) is 0 Å². The van der Waals surface area contributed by atoms with E-state index in [0.29, 0.717) is 24.8 Å². The zero-order chi connectivity index (χ0) is 20.4. The van der Waals surface area contributed by atoms with Crippen LogP contribution < -0.4 is 4.74 Å². The maximum Gasteiger partial charge on any atom is 0.265 e. The summed E-state index contributed by atoms with van der Waals surface area (Å²) in [7, 11) is 1.58. The number of aryl methyl sites for hydroxylation is 2. The van der Waals surface area contributed by atoms with Crippen LogP contribution in [0.4, 0.5) is 0 Å². The van der Waals surface area contributed by atoms with Gasteiger partial charge in [-0.1, -0.05) is 5.16 Å². The highest BCUT2D eigenvalue weighted by Crippen LogP contribution is 2.25. The highest BCUT2D eigenvalue weighted by Gasteiger charge is 2.30. The average molecular weight is 414 g/mol. The van der Waals surface area contributed by atoms with E-state index >= 15 is 0 Å². The average Bonchev–Trinajstić information content (AvgIpc) is 3.43. The van der Waals surface area contributed by atoms with Gasteiger partial charge in [0.25, 0.3) is 11.8 Å². The number of likely N-dealkylation sites (tertiary alicyclic amines) is 1. The number of benzene rings is 1. The zero-order valence-electron chi connectivity index (χ0n) is 16.5. The van der Waals surface area contributed by atoms with Crippen LogP contribution in [0.25, 0.3) is 11.4 Å². The van der Waals surface area contributed by atoms with Crippen molar-refractivity contribution < 1.29 is 18.8 Å². The van der Waals surface area contributed by atoms with Crippen molar-refractivity contribution in [3.05, 3.63) is 45.7 Å². The van der Waals surface area contributed by atoms with Crippen molar-refractivity contribution in [3.8, 4) is 17.1 Å². The first kappa shape index (κ1) is 19.5. The van der Waals surface area contributed by atoms with Gasteiger partial charge in [-0.25, -0.2) is 4.98 Å². The number of carbonyl (C=O) groups excluding carboxylic acids is 1. The van der Waals surface area contributed by atoms with Crippen molar-refractivity contribution in [1.82, 2.24) is 20.0 Å². The molecule has 152 valence electrons. The number of thiazole rings is 1. The Morgan fingerprint density at radius 2 is 2.07 bits per heavy atom. The Kier molecular flexibility index (Phi) is 5.59. The lowest BCUT2D eigenvalue weighted by atomic mass is 10.2. The number of rotatable bonds is 6. The topological polar surface area (TPSA) is 90.6 Å². The third-order valence-electron chi connectivity index (χ3n) is 4.68. The maximum absolute atomic E-state index is 12.7. The Morgan fingerprint density at radius 3 is 2.76 bits per heavy atom. The number of nitrogens with zero attached hydrogens (tertiary/aromatic N) is 4. The molecule has 1 amide bonds. The molecule has 1 aliphatic rings. The number of ether oxygens (including phenoxy) is 2. The summed E-state index contributed by atoms with van der Waals surface area (Å²) in [5, 5.41) is 4.86. The fraction of sp³-hybridized carbons (Fsp3) is 0.400. The van der Waals surface area contributed by atoms with Crippen LogP contribution in [0, 0.1) is 13.8 Å². The molecule has 9 heteroatoms. The standard InChI is InChI=1S/C20H22N4O4S/c1-12-18(29-13(2)21-12)20(25)24-9-8-16(10-24)27-15-6-4-14(5-7-15)19-22-17(11-26-3)28-23-19/h4-7,16H,8-11H2,1-3H3. The lowest BCUT2D eigenvalue weighted by molar-refractivity contribution is 0.0776. The van der Waals surface area contributed by atoms with Crippen molar-refractivity contribution in [2.75, 3.05) is 20.2 Å². The number of amides is 1. The molecular weight excluding hydrogens is 392 g/mol. The first-order valence-electron chi connectivity index (χ1n) is 9.35. The van der Waals surface area contributed by atoms with Crippen LogP contribution in [0.15, 0.2) is 28.8 Å². The Balaban J connectivity index is 1.36. The van der Waals surface area contributed by atoms with Crippen LogP contribution >= 0.6 is 11.3 Å². The number of methoxy groups -OCH3 is 1. The van der Waals surface area contributed by atoms with E-state index in [1.54, 1.807) is 7.11 Å². The largest absolute Gasteiger partial charge is 0.489 e. The van der Waals surface area contributed by atoms with Crippen molar-refractivity contribution in [2.24, 2.45) is 0 Å². The van der Waals surface area contributed by atoms with Gasteiger partial charge in [-0.05, 0) is 38.1 Å². The molecule has 1 atom stereocenters. The minimum Gasteiger partial charge on any atom is -0.489 e. The van der Waals surface area contributed by atoms with Gasteiger partial charge in [-0.2, -0.15) is 4.98 Å². The molecule has 3 aromatic rings. The van der Waals surface area contributed by atoms with Gasteiger partial charge in [-0.3, -0.25) is 4.79 Å². The number of aromatic nitrogens is 3. The van der Waals surface area contributed by atoms with Crippen LogP contribution in [-0.2, 0) is 11.3 Å². The third kappa shape index (κ3) is 4.30. The molecule has 0 bridgehead atoms. The summed E-state index contributed by atoms with van der Waals surface area (Å²) in [5.74, 6) is 1.73. The Labute approximate surface area is 172 Å². The van der Waals surface area contributed by atoms with Crippen LogP contribution in [0.3, 0.4) is 0 Å².